The highest BCUT2D eigenvalue weighted by Gasteiger charge is 2.52. The maximum atomic E-state index is 14.9. The van der Waals surface area contributed by atoms with Gasteiger partial charge in [0.25, 0.3) is 0 Å². The van der Waals surface area contributed by atoms with Gasteiger partial charge in [-0.15, -0.1) is 5.10 Å². The van der Waals surface area contributed by atoms with Crippen LogP contribution in [0.4, 0.5) is 8.78 Å². The summed E-state index contributed by atoms with van der Waals surface area (Å²) in [5.74, 6) is 0.0715. The van der Waals surface area contributed by atoms with Crippen LogP contribution in [0.15, 0.2) is 54.6 Å². The van der Waals surface area contributed by atoms with E-state index in [4.69, 9.17) is 0 Å². The van der Waals surface area contributed by atoms with Gasteiger partial charge in [-0.1, -0.05) is 0 Å². The van der Waals surface area contributed by atoms with E-state index in [1.54, 1.807) is 60.6 Å². The number of benzene rings is 1. The number of aromatic nitrogens is 4. The maximum absolute atomic E-state index is 14.9. The van der Waals surface area contributed by atoms with Gasteiger partial charge in [0.2, 0.25) is 0 Å². The number of nitrogens with zero attached hydrogens (tertiary/aromatic N) is 4. The fourth-order valence-corrected chi connectivity index (χ4v) is 4.44. The third-order valence-corrected chi connectivity index (χ3v) is 5.99. The van der Waals surface area contributed by atoms with Gasteiger partial charge >= 0.3 is 0 Å². The minimum absolute atomic E-state index is 0.0715. The van der Waals surface area contributed by atoms with Crippen LogP contribution in [0, 0.1) is 0 Å². The molecule has 2 N–H and O–H groups in total. The summed E-state index contributed by atoms with van der Waals surface area (Å²) in [6.45, 7) is 1.72. The highest BCUT2D eigenvalue weighted by atomic mass is 19.1. The molecule has 8 heteroatoms. The second-order valence-corrected chi connectivity index (χ2v) is 8.19. The van der Waals surface area contributed by atoms with Crippen molar-refractivity contribution in [1.29, 1.82) is 0 Å². The first kappa shape index (κ1) is 18.9. The summed E-state index contributed by atoms with van der Waals surface area (Å²) in [7, 11) is 0. The summed E-state index contributed by atoms with van der Waals surface area (Å²) in [5, 5.41) is 21.9. The zero-order valence-electron chi connectivity index (χ0n) is 16.3. The number of halogens is 2. The van der Waals surface area contributed by atoms with Gasteiger partial charge in [-0.3, -0.25) is 0 Å². The van der Waals surface area contributed by atoms with E-state index < -0.39 is 17.9 Å². The molecule has 2 aromatic heterocycles. The number of alkyl halides is 2. The van der Waals surface area contributed by atoms with Crippen molar-refractivity contribution in [3.63, 3.8) is 0 Å². The molecule has 6 nitrogen and oxygen atoms in total. The van der Waals surface area contributed by atoms with Crippen LogP contribution in [0.25, 0.3) is 23.0 Å². The molecule has 2 aliphatic heterocycles. The van der Waals surface area contributed by atoms with E-state index in [-0.39, 0.29) is 18.2 Å². The molecule has 2 aliphatic rings. The van der Waals surface area contributed by atoms with Gasteiger partial charge in [0.15, 0.2) is 0 Å². The minimum Gasteiger partial charge on any atom is -0.507 e. The number of rotatable bonds is 3. The average molecular weight is 409 g/mol. The van der Waals surface area contributed by atoms with Crippen molar-refractivity contribution in [2.75, 3.05) is 0 Å². The number of nitrogens with one attached hydrogen (secondary N) is 1. The molecule has 0 spiro atoms. The lowest BCUT2D eigenvalue weighted by Crippen LogP contribution is -2.53. The van der Waals surface area contributed by atoms with Crippen molar-refractivity contribution >= 4 is 6.08 Å². The first-order valence-electron chi connectivity index (χ1n) is 9.85. The molecule has 2 bridgehead atoms. The van der Waals surface area contributed by atoms with Crippen molar-refractivity contribution in [3.8, 4) is 22.7 Å². The normalized spacial score (nSPS) is 29.4. The Balaban J connectivity index is 1.39. The topological polar surface area (TPSA) is 75.9 Å². The fraction of sp³-hybridized carbons (Fsp3) is 0.318. The molecule has 0 aliphatic carbocycles. The zero-order chi connectivity index (χ0) is 20.9. The molecule has 4 atom stereocenters. The SMILES string of the molecule is C[C@]12C[C@H](F)C(C/C(=C\c3ccc(-c4ccc(-n5ccnc5)cc4O)nn3)[C@@H]1F)N2. The largest absolute Gasteiger partial charge is 0.507 e. The molecule has 1 unspecified atom stereocenters. The predicted molar refractivity (Wildman–Crippen MR) is 109 cm³/mol. The lowest BCUT2D eigenvalue weighted by atomic mass is 9.86. The van der Waals surface area contributed by atoms with E-state index in [9.17, 15) is 13.9 Å². The van der Waals surface area contributed by atoms with Crippen molar-refractivity contribution in [2.24, 2.45) is 0 Å². The average Bonchev–Trinajstić information content (AvgIpc) is 3.34. The van der Waals surface area contributed by atoms with Gasteiger partial charge in [0, 0.05) is 36.5 Å². The third-order valence-electron chi connectivity index (χ3n) is 5.99. The summed E-state index contributed by atoms with van der Waals surface area (Å²) < 4.78 is 30.8. The summed E-state index contributed by atoms with van der Waals surface area (Å²) in [6.07, 6.45) is 4.94. The Kier molecular flexibility index (Phi) is 4.39. The van der Waals surface area contributed by atoms with E-state index >= 15 is 0 Å². The smallest absolute Gasteiger partial charge is 0.139 e. The number of hydrogen-bond acceptors (Lipinski definition) is 5. The standard InChI is InChI=1S/C22H21F2N5O/c1-22-11-17(23)19(26-22)9-13(21(22)24)8-14-2-5-18(28-27-14)16-4-3-15(10-20(16)30)29-7-6-25-12-29/h2-8,10,12,17,19,21,26,30H,9,11H2,1H3/b13-8+/t17-,19?,21-,22-/m0/s1. The molecular weight excluding hydrogens is 388 g/mol. The lowest BCUT2D eigenvalue weighted by molar-refractivity contribution is 0.186. The van der Waals surface area contributed by atoms with Crippen LogP contribution in [0.3, 0.4) is 0 Å². The quantitative estimate of drug-likeness (QED) is 0.691. The summed E-state index contributed by atoms with van der Waals surface area (Å²) in [6, 6.07) is 8.34. The van der Waals surface area contributed by atoms with Crippen molar-refractivity contribution in [3.05, 3.63) is 60.3 Å². The van der Waals surface area contributed by atoms with Crippen LogP contribution in [0.2, 0.25) is 0 Å². The van der Waals surface area contributed by atoms with Crippen molar-refractivity contribution < 1.29 is 13.9 Å². The Morgan fingerprint density at radius 3 is 2.80 bits per heavy atom. The second-order valence-electron chi connectivity index (χ2n) is 8.19. The van der Waals surface area contributed by atoms with Crippen LogP contribution < -0.4 is 5.32 Å². The van der Waals surface area contributed by atoms with Gasteiger partial charge in [0.1, 0.15) is 18.1 Å². The van der Waals surface area contributed by atoms with Crippen LogP contribution in [-0.4, -0.2) is 48.8 Å². The van der Waals surface area contributed by atoms with E-state index in [0.717, 1.165) is 5.69 Å². The number of hydrogen-bond donors (Lipinski definition) is 2. The summed E-state index contributed by atoms with van der Waals surface area (Å²) >= 11 is 0. The van der Waals surface area contributed by atoms with Gasteiger partial charge in [0.05, 0.1) is 28.9 Å². The van der Waals surface area contributed by atoms with Crippen LogP contribution in [-0.2, 0) is 0 Å². The monoisotopic (exact) mass is 409 g/mol. The number of phenols is 1. The fourth-order valence-electron chi connectivity index (χ4n) is 4.44. The molecule has 4 heterocycles. The molecule has 0 amide bonds. The number of fused-ring (bicyclic) bond motifs is 2. The first-order chi connectivity index (χ1) is 14.4. The highest BCUT2D eigenvalue weighted by molar-refractivity contribution is 5.69. The molecule has 30 heavy (non-hydrogen) atoms. The Bertz CT molecular complexity index is 1100. The Hall–Kier alpha value is -3.13. The molecule has 2 fully saturated rings. The van der Waals surface area contributed by atoms with Crippen LogP contribution in [0.1, 0.15) is 25.5 Å². The Labute approximate surface area is 172 Å². The number of piperidine rings is 1. The molecular formula is C22H21F2N5O. The second kappa shape index (κ2) is 6.98. The number of aromatic hydroxyl groups is 1. The third kappa shape index (κ3) is 3.17. The molecule has 1 aromatic carbocycles. The molecule has 0 radical (unpaired) electrons. The summed E-state index contributed by atoms with van der Waals surface area (Å²) in [4.78, 5) is 4.00. The van der Waals surface area contributed by atoms with Crippen molar-refractivity contribution in [2.45, 2.75) is 43.7 Å². The Morgan fingerprint density at radius 1 is 1.23 bits per heavy atom. The van der Waals surface area contributed by atoms with E-state index in [1.165, 1.54) is 0 Å². The minimum atomic E-state index is -1.27. The zero-order valence-corrected chi connectivity index (χ0v) is 16.3. The van der Waals surface area contributed by atoms with Crippen LogP contribution in [0.5, 0.6) is 5.75 Å². The van der Waals surface area contributed by atoms with Crippen LogP contribution >= 0.6 is 0 Å². The van der Waals surface area contributed by atoms with E-state index in [0.29, 0.717) is 28.9 Å². The van der Waals surface area contributed by atoms with Gasteiger partial charge in [-0.2, -0.15) is 5.10 Å². The predicted octanol–water partition coefficient (Wildman–Crippen LogP) is 3.62. The van der Waals surface area contributed by atoms with Gasteiger partial charge < -0.3 is 15.0 Å². The van der Waals surface area contributed by atoms with E-state index in [1.807, 2.05) is 6.07 Å². The Morgan fingerprint density at radius 2 is 2.10 bits per heavy atom. The first-order valence-corrected chi connectivity index (χ1v) is 9.85. The molecule has 154 valence electrons. The van der Waals surface area contributed by atoms with Gasteiger partial charge in [-0.05, 0) is 49.3 Å². The lowest BCUT2D eigenvalue weighted by Gasteiger charge is -2.35. The molecule has 3 aromatic rings. The molecule has 0 saturated carbocycles. The molecule has 5 rings (SSSR count). The summed E-state index contributed by atoms with van der Waals surface area (Å²) in [5.41, 5.74) is 2.00. The van der Waals surface area contributed by atoms with Gasteiger partial charge in [-0.25, -0.2) is 13.8 Å². The number of imidazole rings is 1. The molecule has 2 saturated heterocycles. The van der Waals surface area contributed by atoms with Crippen molar-refractivity contribution in [1.82, 2.24) is 25.1 Å². The highest BCUT2D eigenvalue weighted by Crippen LogP contribution is 2.42. The number of phenolic OH excluding ortho intramolecular Hbond substituents is 1. The maximum Gasteiger partial charge on any atom is 0.139 e. The van der Waals surface area contributed by atoms with E-state index in [2.05, 4.69) is 20.5 Å².